The molecule has 1 N–H and O–H groups in total. The smallest absolute Gasteiger partial charge is 0.234 e. The molecule has 0 fully saturated rings. The molecule has 5 nitrogen and oxygen atoms in total. The maximum atomic E-state index is 12.9. The summed E-state index contributed by atoms with van der Waals surface area (Å²) in [4.78, 5) is 12.9. The van der Waals surface area contributed by atoms with Crippen molar-refractivity contribution >= 4 is 11.6 Å². The first-order chi connectivity index (χ1) is 12.5. The van der Waals surface area contributed by atoms with Gasteiger partial charge in [0.1, 0.15) is 25.6 Å². The van der Waals surface area contributed by atoms with Crippen LogP contribution in [0.1, 0.15) is 19.4 Å². The largest absolute Gasteiger partial charge is 0.486 e. The third-order valence-electron chi connectivity index (χ3n) is 4.25. The van der Waals surface area contributed by atoms with Crippen molar-refractivity contribution in [3.05, 3.63) is 48.0 Å². The Morgan fingerprint density at radius 2 is 1.96 bits per heavy atom. The normalized spacial score (nSPS) is 12.8. The first kappa shape index (κ1) is 17.7. The molecule has 0 saturated carbocycles. The van der Waals surface area contributed by atoms with Gasteiger partial charge in [0, 0.05) is 11.8 Å². The average Bonchev–Trinajstić information content (AvgIpc) is 2.66. The summed E-state index contributed by atoms with van der Waals surface area (Å²) in [5, 5.41) is 2.93. The first-order valence-corrected chi connectivity index (χ1v) is 8.38. The van der Waals surface area contributed by atoms with Gasteiger partial charge in [-0.25, -0.2) is 0 Å². The monoisotopic (exact) mass is 351 g/mol. The van der Waals surface area contributed by atoms with Crippen LogP contribution >= 0.6 is 0 Å². The second-order valence-electron chi connectivity index (χ2n) is 6.46. The molecule has 134 valence electrons. The summed E-state index contributed by atoms with van der Waals surface area (Å²) in [6, 6.07) is 12.7. The Bertz CT molecular complexity index is 851. The van der Waals surface area contributed by atoms with Gasteiger partial charge in [-0.2, -0.15) is 0 Å². The minimum absolute atomic E-state index is 0.136. The molecule has 3 rings (SSSR count). The average molecular weight is 351 g/mol. The number of nitrogens with one attached hydrogen (secondary N) is 1. The van der Waals surface area contributed by atoms with Gasteiger partial charge in [-0.05, 0) is 43.7 Å². The van der Waals surface area contributed by atoms with Crippen molar-refractivity contribution in [1.82, 2.24) is 0 Å². The molecule has 0 saturated heterocycles. The predicted molar refractivity (Wildman–Crippen MR) is 99.9 cm³/mol. The summed E-state index contributed by atoms with van der Waals surface area (Å²) in [7, 11) is 0. The van der Waals surface area contributed by atoms with Gasteiger partial charge in [-0.15, -0.1) is 6.42 Å². The molecule has 0 atom stereocenters. The molecule has 2 aromatic rings. The van der Waals surface area contributed by atoms with Gasteiger partial charge in [0.2, 0.25) is 5.91 Å². The van der Waals surface area contributed by atoms with Crippen LogP contribution in [-0.4, -0.2) is 25.7 Å². The highest BCUT2D eigenvalue weighted by Gasteiger charge is 2.31. The van der Waals surface area contributed by atoms with Crippen molar-refractivity contribution in [2.75, 3.05) is 25.1 Å². The SMILES string of the molecule is C#CCOc1cccc(NC(=O)C(C)(C)c2ccc3c(c2)OCCO3)c1. The van der Waals surface area contributed by atoms with E-state index >= 15 is 0 Å². The maximum absolute atomic E-state index is 12.9. The van der Waals surface area contributed by atoms with Crippen LogP contribution in [0, 0.1) is 12.3 Å². The van der Waals surface area contributed by atoms with E-state index in [1.54, 1.807) is 24.3 Å². The highest BCUT2D eigenvalue weighted by Crippen LogP contribution is 2.35. The second kappa shape index (κ2) is 7.40. The second-order valence-corrected chi connectivity index (χ2v) is 6.46. The van der Waals surface area contributed by atoms with E-state index in [2.05, 4.69) is 11.2 Å². The van der Waals surface area contributed by atoms with Crippen LogP contribution in [0.3, 0.4) is 0 Å². The molecule has 2 aromatic carbocycles. The zero-order chi connectivity index (χ0) is 18.6. The van der Waals surface area contributed by atoms with E-state index < -0.39 is 5.41 Å². The van der Waals surface area contributed by atoms with Crippen LogP contribution in [0.5, 0.6) is 17.2 Å². The zero-order valence-corrected chi connectivity index (χ0v) is 14.9. The van der Waals surface area contributed by atoms with Crippen molar-refractivity contribution < 1.29 is 19.0 Å². The Morgan fingerprint density at radius 3 is 2.73 bits per heavy atom. The Morgan fingerprint density at radius 1 is 1.19 bits per heavy atom. The molecule has 1 heterocycles. The van der Waals surface area contributed by atoms with E-state index in [-0.39, 0.29) is 12.5 Å². The summed E-state index contributed by atoms with van der Waals surface area (Å²) < 4.78 is 16.6. The molecule has 0 bridgehead atoms. The van der Waals surface area contributed by atoms with Crippen LogP contribution < -0.4 is 19.5 Å². The molecular weight excluding hydrogens is 330 g/mol. The van der Waals surface area contributed by atoms with Gasteiger partial charge in [0.15, 0.2) is 11.5 Å². The fourth-order valence-corrected chi connectivity index (χ4v) is 2.64. The van der Waals surface area contributed by atoms with Crippen LogP contribution in [0.2, 0.25) is 0 Å². The van der Waals surface area contributed by atoms with Gasteiger partial charge < -0.3 is 19.5 Å². The number of rotatable bonds is 5. The molecule has 26 heavy (non-hydrogen) atoms. The molecular formula is C21H21NO4. The number of terminal acetylenes is 1. The lowest BCUT2D eigenvalue weighted by molar-refractivity contribution is -0.120. The number of hydrogen-bond donors (Lipinski definition) is 1. The van der Waals surface area contributed by atoms with E-state index in [1.807, 2.05) is 32.0 Å². The van der Waals surface area contributed by atoms with Gasteiger partial charge in [-0.3, -0.25) is 4.79 Å². The Hall–Kier alpha value is -3.13. The minimum Gasteiger partial charge on any atom is -0.486 e. The van der Waals surface area contributed by atoms with Crippen molar-refractivity contribution in [2.24, 2.45) is 0 Å². The number of benzene rings is 2. The summed E-state index contributed by atoms with van der Waals surface area (Å²) in [6.07, 6.45) is 5.20. The summed E-state index contributed by atoms with van der Waals surface area (Å²) in [5.74, 6) is 4.26. The Kier molecular flexibility index (Phi) is 5.04. The van der Waals surface area contributed by atoms with Crippen LogP contribution in [0.25, 0.3) is 0 Å². The molecule has 1 aliphatic rings. The summed E-state index contributed by atoms with van der Waals surface area (Å²) >= 11 is 0. The number of carbonyl (C=O) groups is 1. The number of amides is 1. The summed E-state index contributed by atoms with van der Waals surface area (Å²) in [5.41, 5.74) is 0.736. The standard InChI is InChI=1S/C21H21NO4/c1-4-10-24-17-7-5-6-16(14-17)22-20(23)21(2,3)15-8-9-18-19(13-15)26-12-11-25-18/h1,5-9,13-14H,10-12H2,2-3H3,(H,22,23). The zero-order valence-electron chi connectivity index (χ0n) is 14.9. The first-order valence-electron chi connectivity index (χ1n) is 8.38. The Balaban J connectivity index is 1.77. The molecule has 0 aromatic heterocycles. The molecule has 0 spiro atoms. The fourth-order valence-electron chi connectivity index (χ4n) is 2.64. The quantitative estimate of drug-likeness (QED) is 0.839. The highest BCUT2D eigenvalue weighted by atomic mass is 16.6. The van der Waals surface area contributed by atoms with Gasteiger partial charge in [0.05, 0.1) is 5.41 Å². The fraction of sp³-hybridized carbons (Fsp3) is 0.286. The van der Waals surface area contributed by atoms with Crippen LogP contribution in [0.15, 0.2) is 42.5 Å². The van der Waals surface area contributed by atoms with Crippen molar-refractivity contribution in [3.8, 4) is 29.6 Å². The van der Waals surface area contributed by atoms with Gasteiger partial charge in [-0.1, -0.05) is 18.1 Å². The number of fused-ring (bicyclic) bond motifs is 1. The molecule has 1 aliphatic heterocycles. The van der Waals surface area contributed by atoms with E-state index in [1.165, 1.54) is 0 Å². The predicted octanol–water partition coefficient (Wildman–Crippen LogP) is 3.39. The lowest BCUT2D eigenvalue weighted by Gasteiger charge is -2.26. The molecule has 0 unspecified atom stereocenters. The van der Waals surface area contributed by atoms with Gasteiger partial charge in [0.25, 0.3) is 0 Å². The van der Waals surface area contributed by atoms with E-state index in [0.717, 1.165) is 5.56 Å². The van der Waals surface area contributed by atoms with E-state index in [0.29, 0.717) is 36.1 Å². The highest BCUT2D eigenvalue weighted by molar-refractivity contribution is 5.98. The third-order valence-corrected chi connectivity index (χ3v) is 4.25. The molecule has 1 amide bonds. The maximum Gasteiger partial charge on any atom is 0.234 e. The number of ether oxygens (including phenoxy) is 3. The van der Waals surface area contributed by atoms with Crippen LogP contribution in [0.4, 0.5) is 5.69 Å². The molecule has 0 aliphatic carbocycles. The van der Waals surface area contributed by atoms with E-state index in [4.69, 9.17) is 20.6 Å². The van der Waals surface area contributed by atoms with Crippen molar-refractivity contribution in [2.45, 2.75) is 19.3 Å². The number of hydrogen-bond acceptors (Lipinski definition) is 4. The van der Waals surface area contributed by atoms with E-state index in [9.17, 15) is 4.79 Å². The topological polar surface area (TPSA) is 56.8 Å². The minimum atomic E-state index is -0.758. The number of anilines is 1. The Labute approximate surface area is 153 Å². The van der Waals surface area contributed by atoms with Crippen molar-refractivity contribution in [3.63, 3.8) is 0 Å². The molecule has 0 radical (unpaired) electrons. The lowest BCUT2D eigenvalue weighted by atomic mass is 9.83. The summed E-state index contributed by atoms with van der Waals surface area (Å²) in [6.45, 7) is 4.96. The van der Waals surface area contributed by atoms with Crippen LogP contribution in [-0.2, 0) is 10.2 Å². The third kappa shape index (κ3) is 3.75. The lowest BCUT2D eigenvalue weighted by Crippen LogP contribution is -2.34. The van der Waals surface area contributed by atoms with Gasteiger partial charge >= 0.3 is 0 Å². The molecule has 5 heteroatoms. The van der Waals surface area contributed by atoms with Crippen molar-refractivity contribution in [1.29, 1.82) is 0 Å². The number of carbonyl (C=O) groups excluding carboxylic acids is 1.